The number of hydrogen-bond donors (Lipinski definition) is 0. The van der Waals surface area contributed by atoms with Crippen LogP contribution in [0.15, 0.2) is 126 Å². The van der Waals surface area contributed by atoms with E-state index in [0.717, 1.165) is 55.7 Å². The van der Waals surface area contributed by atoms with Crippen molar-refractivity contribution in [2.24, 2.45) is 0 Å². The third kappa shape index (κ3) is 6.15. The van der Waals surface area contributed by atoms with E-state index in [1.807, 2.05) is 85.1 Å². The van der Waals surface area contributed by atoms with E-state index < -0.39 is 0 Å². The Labute approximate surface area is 288 Å². The molecule has 5 nitrogen and oxygen atoms in total. The van der Waals surface area contributed by atoms with E-state index in [-0.39, 0.29) is 20.1 Å². The number of furan rings is 1. The Morgan fingerprint density at radius 1 is 0.681 bits per heavy atom. The van der Waals surface area contributed by atoms with Gasteiger partial charge in [-0.25, -0.2) is 4.98 Å². The molecule has 8 rings (SSSR count). The van der Waals surface area contributed by atoms with E-state index in [1.54, 1.807) is 6.20 Å². The minimum absolute atomic E-state index is 0. The summed E-state index contributed by atoms with van der Waals surface area (Å²) < 4.78 is 8.73. The Balaban J connectivity index is 0.000000250. The zero-order valence-electron chi connectivity index (χ0n) is 26.7. The van der Waals surface area contributed by atoms with Crippen LogP contribution in [0.4, 0.5) is 0 Å². The molecule has 4 aromatic carbocycles. The molecule has 0 N–H and O–H groups in total. The van der Waals surface area contributed by atoms with Crippen molar-refractivity contribution in [1.29, 1.82) is 0 Å². The summed E-state index contributed by atoms with van der Waals surface area (Å²) in [5, 5.41) is 1.02. The number of imidazole rings is 1. The minimum atomic E-state index is 0. The summed E-state index contributed by atoms with van der Waals surface area (Å²) in [6, 6.07) is 42.9. The molecule has 4 heterocycles. The van der Waals surface area contributed by atoms with Gasteiger partial charge in [0.1, 0.15) is 16.6 Å². The summed E-state index contributed by atoms with van der Waals surface area (Å²) in [4.78, 5) is 14.1. The number of hydrogen-bond acceptors (Lipinski definition) is 4. The summed E-state index contributed by atoms with van der Waals surface area (Å²) in [5.41, 5.74) is 10.9. The van der Waals surface area contributed by atoms with Crippen LogP contribution in [0.5, 0.6) is 0 Å². The first-order valence-electron chi connectivity index (χ1n) is 15.7. The number of rotatable bonds is 5. The maximum Gasteiger partial charge on any atom is 0.179 e. The van der Waals surface area contributed by atoms with Crippen molar-refractivity contribution < 1.29 is 24.5 Å². The van der Waals surface area contributed by atoms with Crippen molar-refractivity contribution in [3.05, 3.63) is 145 Å². The number of para-hydroxylation sites is 2. The van der Waals surface area contributed by atoms with Gasteiger partial charge in [-0.3, -0.25) is 4.98 Å². The molecule has 0 atom stereocenters. The summed E-state index contributed by atoms with van der Waals surface area (Å²) in [7, 11) is 0. The van der Waals surface area contributed by atoms with Gasteiger partial charge in [0.2, 0.25) is 0 Å². The topological polar surface area (TPSA) is 56.7 Å². The van der Waals surface area contributed by atoms with Crippen molar-refractivity contribution in [2.75, 3.05) is 0 Å². The summed E-state index contributed by atoms with van der Waals surface area (Å²) >= 11 is 0. The van der Waals surface area contributed by atoms with Gasteiger partial charge < -0.3 is 14.0 Å². The number of aromatic nitrogens is 4. The Hall–Kier alpha value is -4.90. The van der Waals surface area contributed by atoms with Gasteiger partial charge in [-0.2, -0.15) is 0 Å². The van der Waals surface area contributed by atoms with E-state index in [4.69, 9.17) is 14.4 Å². The number of fused-ring (bicyclic) bond motifs is 5. The molecule has 6 heteroatoms. The zero-order valence-corrected chi connectivity index (χ0v) is 29.1. The van der Waals surface area contributed by atoms with E-state index in [1.165, 1.54) is 16.8 Å². The summed E-state index contributed by atoms with van der Waals surface area (Å²) in [5.74, 6) is 1.53. The second kappa shape index (κ2) is 13.8. The molecule has 0 bridgehead atoms. The van der Waals surface area contributed by atoms with Crippen LogP contribution in [0.3, 0.4) is 0 Å². The van der Waals surface area contributed by atoms with E-state index in [0.29, 0.717) is 11.8 Å². The Kier molecular flexibility index (Phi) is 9.44. The molecule has 0 fully saturated rings. The first-order chi connectivity index (χ1) is 22.5. The predicted molar refractivity (Wildman–Crippen MR) is 187 cm³/mol. The maximum atomic E-state index is 6.44. The fraction of sp³-hybridized carbons (Fsp3) is 0.146. The summed E-state index contributed by atoms with van der Waals surface area (Å²) in [6.45, 7) is 8.98. The van der Waals surface area contributed by atoms with Gasteiger partial charge in [0.25, 0.3) is 0 Å². The number of nitrogens with zero attached hydrogens (tertiary/aromatic N) is 4. The quantitative estimate of drug-likeness (QED) is 0.163. The third-order valence-corrected chi connectivity index (χ3v) is 8.17. The van der Waals surface area contributed by atoms with E-state index in [9.17, 15) is 0 Å². The zero-order chi connectivity index (χ0) is 31.6. The van der Waals surface area contributed by atoms with Gasteiger partial charge in [-0.1, -0.05) is 70.2 Å². The molecule has 235 valence electrons. The van der Waals surface area contributed by atoms with Gasteiger partial charge in [0.05, 0.1) is 17.5 Å². The van der Waals surface area contributed by atoms with Crippen molar-refractivity contribution in [3.8, 4) is 28.3 Å². The molecular weight excluding hydrogens is 757 g/mol. The molecule has 47 heavy (non-hydrogen) atoms. The van der Waals surface area contributed by atoms with Crippen LogP contribution in [0.1, 0.15) is 50.7 Å². The molecular formula is C41H34IrN4O-2. The second-order valence-corrected chi connectivity index (χ2v) is 11.9. The molecule has 1 radical (unpaired) electrons. The number of benzene rings is 4. The molecule has 0 saturated heterocycles. The van der Waals surface area contributed by atoms with Gasteiger partial charge >= 0.3 is 0 Å². The van der Waals surface area contributed by atoms with Crippen molar-refractivity contribution in [3.63, 3.8) is 0 Å². The smallest absolute Gasteiger partial charge is 0.179 e. The van der Waals surface area contributed by atoms with Crippen molar-refractivity contribution >= 4 is 33.1 Å². The van der Waals surface area contributed by atoms with Crippen LogP contribution in [-0.4, -0.2) is 19.5 Å². The van der Waals surface area contributed by atoms with E-state index >= 15 is 0 Å². The van der Waals surface area contributed by atoms with Crippen molar-refractivity contribution in [2.45, 2.75) is 39.5 Å². The van der Waals surface area contributed by atoms with Gasteiger partial charge in [-0.05, 0) is 46.9 Å². The second-order valence-electron chi connectivity index (χ2n) is 11.9. The monoisotopic (exact) mass is 791 g/mol. The average molecular weight is 791 g/mol. The molecule has 0 spiro atoms. The largest absolute Gasteiger partial charge is 0.452 e. The van der Waals surface area contributed by atoms with Crippen LogP contribution in [0, 0.1) is 12.1 Å². The Morgan fingerprint density at radius 3 is 1.98 bits per heavy atom. The molecule has 0 aliphatic heterocycles. The molecule has 0 aliphatic rings. The van der Waals surface area contributed by atoms with Gasteiger partial charge in [-0.15, -0.1) is 71.8 Å². The van der Waals surface area contributed by atoms with Gasteiger partial charge in [0, 0.05) is 37.4 Å². The fourth-order valence-electron chi connectivity index (χ4n) is 5.97. The fourth-order valence-corrected chi connectivity index (χ4v) is 5.97. The average Bonchev–Trinajstić information content (AvgIpc) is 3.68. The Morgan fingerprint density at radius 2 is 1.34 bits per heavy atom. The first kappa shape index (κ1) is 32.1. The van der Waals surface area contributed by atoms with Crippen LogP contribution < -0.4 is 0 Å². The van der Waals surface area contributed by atoms with Crippen molar-refractivity contribution in [1.82, 2.24) is 19.5 Å². The molecule has 0 amide bonds. The van der Waals surface area contributed by atoms with Crippen LogP contribution in [0.25, 0.3) is 61.4 Å². The van der Waals surface area contributed by atoms with Gasteiger partial charge in [0.15, 0.2) is 5.58 Å². The minimum Gasteiger partial charge on any atom is -0.452 e. The normalized spacial score (nSPS) is 11.2. The molecule has 8 aromatic rings. The van der Waals surface area contributed by atoms with Crippen LogP contribution in [-0.2, 0) is 20.1 Å². The molecule has 0 unspecified atom stereocenters. The predicted octanol–water partition coefficient (Wildman–Crippen LogP) is 10.6. The van der Waals surface area contributed by atoms with E-state index in [2.05, 4.69) is 79.7 Å². The molecule has 4 aromatic heterocycles. The third-order valence-electron chi connectivity index (χ3n) is 8.17. The summed E-state index contributed by atoms with van der Waals surface area (Å²) in [6.07, 6.45) is 3.66. The SMILES string of the molecule is CC(C)c1cccc(C(C)C)c1-n1c(-c2[c-]cccc2)nc2cnc3c4ccccc4oc3c21.[Ir].[c-]1ccccc1-c1ccccn1. The molecule has 0 aliphatic carbocycles. The standard InChI is InChI=1S/C30H26N3O.C11H8N.Ir/c1-18(2)21-14-10-15-22(19(3)4)27(21)33-28-24(32-30(33)20-11-6-5-7-12-20)17-31-26-23-13-8-9-16-25(23)34-29(26)28;1-2-6-10(7-3-1)11-8-4-5-9-12-11;/h5-11,13-19H,1-4H3;1-6,8-9H;/q2*-1;. The maximum absolute atomic E-state index is 6.44. The number of pyridine rings is 2. The molecule has 0 saturated carbocycles. The van der Waals surface area contributed by atoms with Crippen LogP contribution >= 0.6 is 0 Å². The van der Waals surface area contributed by atoms with Crippen LogP contribution in [0.2, 0.25) is 0 Å². The Bertz CT molecular complexity index is 2190. The first-order valence-corrected chi connectivity index (χ1v) is 15.7.